The van der Waals surface area contributed by atoms with Crippen LogP contribution >= 0.6 is 0 Å². The first kappa shape index (κ1) is 23.2. The summed E-state index contributed by atoms with van der Waals surface area (Å²) in [4.78, 5) is 0. The van der Waals surface area contributed by atoms with Gasteiger partial charge in [0.15, 0.2) is 0 Å². The van der Waals surface area contributed by atoms with Gasteiger partial charge in [0.1, 0.15) is 11.6 Å². The standard InChI is InChI=1S/C31H32F2/c1-2-3-4-5-6-7-23-8-10-24(11-9-23)12-13-25-14-20-30-27(22-25)17-21-29(31(30)33)26-15-18-28(32)19-16-26/h8-11,14-22H,2-7,12-13H2,1H3. The molecule has 4 aromatic carbocycles. The Balaban J connectivity index is 1.38. The number of fused-ring (bicyclic) bond motifs is 1. The average molecular weight is 443 g/mol. The minimum Gasteiger partial charge on any atom is -0.207 e. The van der Waals surface area contributed by atoms with E-state index in [1.165, 1.54) is 67.3 Å². The minimum absolute atomic E-state index is 0.254. The molecule has 0 unspecified atom stereocenters. The Morgan fingerprint density at radius 2 is 1.21 bits per heavy atom. The van der Waals surface area contributed by atoms with Crippen molar-refractivity contribution in [2.75, 3.05) is 0 Å². The van der Waals surface area contributed by atoms with E-state index < -0.39 is 0 Å². The molecular formula is C31H32F2. The Bertz CT molecular complexity index is 1170. The summed E-state index contributed by atoms with van der Waals surface area (Å²) < 4.78 is 28.3. The summed E-state index contributed by atoms with van der Waals surface area (Å²) in [6, 6.07) is 24.7. The molecule has 170 valence electrons. The molecule has 0 N–H and O–H groups in total. The molecule has 0 nitrogen and oxygen atoms in total. The smallest absolute Gasteiger partial charge is 0.138 e. The fourth-order valence-corrected chi connectivity index (χ4v) is 4.44. The Morgan fingerprint density at radius 3 is 1.94 bits per heavy atom. The highest BCUT2D eigenvalue weighted by Gasteiger charge is 2.10. The van der Waals surface area contributed by atoms with Crippen molar-refractivity contribution in [2.24, 2.45) is 0 Å². The maximum atomic E-state index is 15.1. The lowest BCUT2D eigenvalue weighted by Gasteiger charge is -2.09. The van der Waals surface area contributed by atoms with E-state index in [0.29, 0.717) is 16.5 Å². The van der Waals surface area contributed by atoms with Gasteiger partial charge in [-0.2, -0.15) is 0 Å². The van der Waals surface area contributed by atoms with E-state index in [-0.39, 0.29) is 11.6 Å². The first-order valence-corrected chi connectivity index (χ1v) is 12.2. The largest absolute Gasteiger partial charge is 0.207 e. The fourth-order valence-electron chi connectivity index (χ4n) is 4.44. The number of unbranched alkanes of at least 4 members (excludes halogenated alkanes) is 4. The predicted octanol–water partition coefficient (Wildman–Crippen LogP) is 9.08. The van der Waals surface area contributed by atoms with E-state index in [4.69, 9.17) is 0 Å². The molecule has 0 atom stereocenters. The Kier molecular flexibility index (Phi) is 7.88. The van der Waals surface area contributed by atoms with Gasteiger partial charge in [-0.05, 0) is 65.5 Å². The van der Waals surface area contributed by atoms with Gasteiger partial charge >= 0.3 is 0 Å². The lowest BCUT2D eigenvalue weighted by molar-refractivity contribution is 0.627. The van der Waals surface area contributed by atoms with Crippen molar-refractivity contribution >= 4 is 10.8 Å². The lowest BCUT2D eigenvalue weighted by atomic mass is 9.97. The van der Waals surface area contributed by atoms with Crippen LogP contribution in [0.5, 0.6) is 0 Å². The summed E-state index contributed by atoms with van der Waals surface area (Å²) in [5, 5.41) is 1.50. The average Bonchev–Trinajstić information content (AvgIpc) is 2.84. The third-order valence-corrected chi connectivity index (χ3v) is 6.47. The topological polar surface area (TPSA) is 0 Å². The van der Waals surface area contributed by atoms with Gasteiger partial charge in [-0.15, -0.1) is 0 Å². The van der Waals surface area contributed by atoms with Crippen LogP contribution in [0.15, 0.2) is 78.9 Å². The van der Waals surface area contributed by atoms with Crippen molar-refractivity contribution in [1.29, 1.82) is 0 Å². The van der Waals surface area contributed by atoms with Gasteiger partial charge in [0, 0.05) is 10.9 Å². The van der Waals surface area contributed by atoms with E-state index in [2.05, 4.69) is 37.3 Å². The summed E-state index contributed by atoms with van der Waals surface area (Å²) in [6.07, 6.45) is 9.64. The highest BCUT2D eigenvalue weighted by atomic mass is 19.1. The molecule has 0 aliphatic carbocycles. The van der Waals surface area contributed by atoms with Gasteiger partial charge in [-0.1, -0.05) is 99.3 Å². The molecule has 0 aliphatic heterocycles. The number of benzene rings is 4. The van der Waals surface area contributed by atoms with E-state index in [1.807, 2.05) is 18.2 Å². The zero-order valence-electron chi connectivity index (χ0n) is 19.4. The van der Waals surface area contributed by atoms with Crippen molar-refractivity contribution in [1.82, 2.24) is 0 Å². The van der Waals surface area contributed by atoms with Crippen molar-refractivity contribution in [3.63, 3.8) is 0 Å². The van der Waals surface area contributed by atoms with Crippen LogP contribution in [0.3, 0.4) is 0 Å². The van der Waals surface area contributed by atoms with Crippen molar-refractivity contribution in [3.05, 3.63) is 107 Å². The normalized spacial score (nSPS) is 11.2. The number of hydrogen-bond donors (Lipinski definition) is 0. The van der Waals surface area contributed by atoms with Crippen LogP contribution in [0.1, 0.15) is 55.7 Å². The van der Waals surface area contributed by atoms with Gasteiger partial charge in [-0.3, -0.25) is 0 Å². The molecule has 0 saturated carbocycles. The highest BCUT2D eigenvalue weighted by Crippen LogP contribution is 2.30. The molecule has 4 rings (SSSR count). The predicted molar refractivity (Wildman–Crippen MR) is 136 cm³/mol. The van der Waals surface area contributed by atoms with Crippen molar-refractivity contribution < 1.29 is 8.78 Å². The molecule has 0 fully saturated rings. The molecule has 0 saturated heterocycles. The summed E-state index contributed by atoms with van der Waals surface area (Å²) >= 11 is 0. The van der Waals surface area contributed by atoms with Gasteiger partial charge in [-0.25, -0.2) is 8.78 Å². The summed E-state index contributed by atoms with van der Waals surface area (Å²) in [7, 11) is 0. The Morgan fingerprint density at radius 1 is 0.576 bits per heavy atom. The fraction of sp³-hybridized carbons (Fsp3) is 0.290. The number of aryl methyl sites for hydroxylation is 3. The monoisotopic (exact) mass is 442 g/mol. The van der Waals surface area contributed by atoms with Crippen LogP contribution < -0.4 is 0 Å². The first-order chi connectivity index (χ1) is 16.1. The van der Waals surface area contributed by atoms with Crippen LogP contribution in [-0.2, 0) is 19.3 Å². The lowest BCUT2D eigenvalue weighted by Crippen LogP contribution is -1.94. The van der Waals surface area contributed by atoms with Crippen LogP contribution in [-0.4, -0.2) is 0 Å². The molecule has 0 bridgehead atoms. The Hall–Kier alpha value is -3.00. The zero-order valence-corrected chi connectivity index (χ0v) is 19.4. The SMILES string of the molecule is CCCCCCCc1ccc(CCc2ccc3c(F)c(-c4ccc(F)cc4)ccc3c2)cc1. The number of hydrogen-bond acceptors (Lipinski definition) is 0. The second-order valence-corrected chi connectivity index (χ2v) is 8.97. The summed E-state index contributed by atoms with van der Waals surface area (Å²) in [6.45, 7) is 2.25. The minimum atomic E-state index is -0.318. The maximum absolute atomic E-state index is 15.1. The number of halogens is 2. The van der Waals surface area contributed by atoms with Gasteiger partial charge in [0.25, 0.3) is 0 Å². The Labute approximate surface area is 196 Å². The van der Waals surface area contributed by atoms with Crippen LogP contribution in [0.25, 0.3) is 21.9 Å². The van der Waals surface area contributed by atoms with Gasteiger partial charge in [0.2, 0.25) is 0 Å². The second kappa shape index (κ2) is 11.2. The number of rotatable bonds is 10. The molecule has 0 aliphatic rings. The maximum Gasteiger partial charge on any atom is 0.138 e. The van der Waals surface area contributed by atoms with Gasteiger partial charge in [0.05, 0.1) is 0 Å². The quantitative estimate of drug-likeness (QED) is 0.215. The van der Waals surface area contributed by atoms with E-state index in [1.54, 1.807) is 18.2 Å². The van der Waals surface area contributed by atoms with Crippen molar-refractivity contribution in [2.45, 2.75) is 58.3 Å². The zero-order chi connectivity index (χ0) is 23.0. The molecule has 0 amide bonds. The molecule has 33 heavy (non-hydrogen) atoms. The third-order valence-electron chi connectivity index (χ3n) is 6.47. The van der Waals surface area contributed by atoms with Gasteiger partial charge < -0.3 is 0 Å². The van der Waals surface area contributed by atoms with E-state index >= 15 is 4.39 Å². The molecule has 2 heteroatoms. The molecule has 0 spiro atoms. The van der Waals surface area contributed by atoms with Crippen LogP contribution in [0.4, 0.5) is 8.78 Å². The molecule has 0 aromatic heterocycles. The van der Waals surface area contributed by atoms with Crippen molar-refractivity contribution in [3.8, 4) is 11.1 Å². The molecule has 0 heterocycles. The third kappa shape index (κ3) is 6.07. The summed E-state index contributed by atoms with van der Waals surface area (Å²) in [5.74, 6) is -0.572. The van der Waals surface area contributed by atoms with E-state index in [0.717, 1.165) is 18.2 Å². The molecule has 4 aromatic rings. The van der Waals surface area contributed by atoms with E-state index in [9.17, 15) is 4.39 Å². The summed E-state index contributed by atoms with van der Waals surface area (Å²) in [5.41, 5.74) is 5.15. The molecule has 0 radical (unpaired) electrons. The first-order valence-electron chi connectivity index (χ1n) is 12.2. The van der Waals surface area contributed by atoms with Crippen LogP contribution in [0.2, 0.25) is 0 Å². The molecular weight excluding hydrogens is 410 g/mol. The second-order valence-electron chi connectivity index (χ2n) is 8.97. The van der Waals surface area contributed by atoms with Crippen LogP contribution in [0, 0.1) is 11.6 Å². The highest BCUT2D eigenvalue weighted by molar-refractivity contribution is 5.88.